The molecular weight excluding hydrogens is 132 g/mol. The molecular formula is H5KN3NaSi. The zero-order valence-electron chi connectivity index (χ0n) is 6.34. The standard InChI is InChI=1S/K.H3N3Si.Na.2H/c;1-2-3-4;;;/h;4H3;;;/q+1;;+1;2*-1. The van der Waals surface area contributed by atoms with Crippen molar-refractivity contribution in [3.8, 4) is 0 Å². The molecule has 0 amide bonds. The summed E-state index contributed by atoms with van der Waals surface area (Å²) in [4.78, 5) is 2.42. The monoisotopic (exact) mass is 137 g/mol. The summed E-state index contributed by atoms with van der Waals surface area (Å²) in [6, 6.07) is 0. The van der Waals surface area contributed by atoms with E-state index < -0.39 is 0 Å². The van der Waals surface area contributed by atoms with Crippen molar-refractivity contribution < 1.29 is 83.8 Å². The first-order chi connectivity index (χ1) is 1.91. The van der Waals surface area contributed by atoms with Crippen LogP contribution in [-0.4, -0.2) is 10.4 Å². The van der Waals surface area contributed by atoms with E-state index in [2.05, 4.69) is 9.69 Å². The second kappa shape index (κ2) is 15.7. The van der Waals surface area contributed by atoms with Gasteiger partial charge >= 0.3 is 80.9 Å². The molecule has 0 aliphatic rings. The number of hydrogen-bond acceptors (Lipinski definition) is 1. The summed E-state index contributed by atoms with van der Waals surface area (Å²) in [6.07, 6.45) is 0. The maximum Gasteiger partial charge on any atom is 1.00 e. The molecule has 0 rings (SSSR count). The van der Waals surface area contributed by atoms with Gasteiger partial charge in [0, 0.05) is 0 Å². The zero-order chi connectivity index (χ0) is 3.41. The predicted octanol–water partition coefficient (Wildman–Crippen LogP) is -6.19. The van der Waals surface area contributed by atoms with E-state index in [4.69, 9.17) is 5.53 Å². The van der Waals surface area contributed by atoms with Crippen molar-refractivity contribution in [3.63, 3.8) is 0 Å². The van der Waals surface area contributed by atoms with Crippen molar-refractivity contribution in [2.24, 2.45) is 4.78 Å². The van der Waals surface area contributed by atoms with Crippen LogP contribution < -0.4 is 80.9 Å². The molecule has 0 aliphatic carbocycles. The summed E-state index contributed by atoms with van der Waals surface area (Å²) < 4.78 is 3.06. The minimum atomic E-state index is 0. The van der Waals surface area contributed by atoms with Gasteiger partial charge in [0.15, 0.2) is 0 Å². The summed E-state index contributed by atoms with van der Waals surface area (Å²) in [7, 11) is 0.598. The van der Waals surface area contributed by atoms with Gasteiger partial charge in [-0.1, -0.05) is 0 Å². The van der Waals surface area contributed by atoms with Crippen LogP contribution in [0.25, 0.3) is 10.4 Å². The minimum absolute atomic E-state index is 0. The van der Waals surface area contributed by atoms with Gasteiger partial charge < -0.3 is 2.85 Å². The normalized spacial score (nSPS) is 3.33. The average Bonchev–Trinajstić information content (AvgIpc) is 1.37. The fraction of sp³-hybridized carbons (Fsp3) is 0. The molecule has 3 nitrogen and oxygen atoms in total. The Labute approximate surface area is 107 Å². The molecule has 0 aliphatic heterocycles. The number of nitrogens with zero attached hydrogens (tertiary/aromatic N) is 3. The molecule has 6 heavy (non-hydrogen) atoms. The van der Waals surface area contributed by atoms with Gasteiger partial charge in [0.1, 0.15) is 10.4 Å². The van der Waals surface area contributed by atoms with Crippen LogP contribution in [0.15, 0.2) is 4.78 Å². The first kappa shape index (κ1) is 15.7. The van der Waals surface area contributed by atoms with Crippen LogP contribution in [0.2, 0.25) is 0 Å². The van der Waals surface area contributed by atoms with Gasteiger partial charge in [-0.15, -0.1) is 4.78 Å². The number of rotatable bonds is 0. The first-order valence-corrected chi connectivity index (χ1v) is 1.74. The molecule has 26 valence electrons. The van der Waals surface area contributed by atoms with E-state index in [0.29, 0.717) is 10.4 Å². The van der Waals surface area contributed by atoms with Crippen molar-refractivity contribution in [1.82, 2.24) is 0 Å². The van der Waals surface area contributed by atoms with Crippen molar-refractivity contribution in [3.05, 3.63) is 10.4 Å². The maximum atomic E-state index is 7.37. The molecule has 0 aromatic heterocycles. The molecule has 0 aromatic rings. The molecule has 0 radical (unpaired) electrons. The Bertz CT molecular complexity index is 55.2. The fourth-order valence-corrected chi connectivity index (χ4v) is 0. The van der Waals surface area contributed by atoms with Crippen LogP contribution >= 0.6 is 0 Å². The van der Waals surface area contributed by atoms with E-state index in [-0.39, 0.29) is 83.8 Å². The van der Waals surface area contributed by atoms with Crippen LogP contribution in [0, 0.1) is 0 Å². The van der Waals surface area contributed by atoms with Gasteiger partial charge in [0.25, 0.3) is 0 Å². The predicted molar refractivity (Wildman–Crippen MR) is 21.3 cm³/mol. The third-order valence-electron chi connectivity index (χ3n) is 0.0894. The molecule has 0 saturated carbocycles. The Hall–Kier alpha value is 2.16. The molecule has 0 bridgehead atoms. The van der Waals surface area contributed by atoms with Gasteiger partial charge in [-0.05, 0) is 10.4 Å². The molecule has 0 unspecified atom stereocenters. The zero-order valence-corrected chi connectivity index (χ0v) is 11.5. The Morgan fingerprint density at radius 1 is 1.83 bits per heavy atom. The summed E-state index contributed by atoms with van der Waals surface area (Å²) in [6.45, 7) is 0. The molecule has 0 N–H and O–H groups in total. The van der Waals surface area contributed by atoms with Gasteiger partial charge in [-0.25, -0.2) is 0 Å². The SMILES string of the molecule is [H-].[H-].[K+].[N-]=[N+]=N[SiH3].[Na+]. The largest absolute Gasteiger partial charge is 1.00 e. The van der Waals surface area contributed by atoms with Crippen LogP contribution in [-0.2, 0) is 0 Å². The third-order valence-corrected chi connectivity index (χ3v) is 0.268. The average molecular weight is 137 g/mol. The Morgan fingerprint density at radius 3 is 2.00 bits per heavy atom. The summed E-state index contributed by atoms with van der Waals surface area (Å²) in [5, 5.41) is 0. The smallest absolute Gasteiger partial charge is 1.00 e. The minimum Gasteiger partial charge on any atom is -1.00 e. The van der Waals surface area contributed by atoms with E-state index in [1.54, 1.807) is 0 Å². The Morgan fingerprint density at radius 2 is 2.00 bits per heavy atom. The van der Waals surface area contributed by atoms with Crippen LogP contribution in [0.5, 0.6) is 0 Å². The number of azide groups is 1. The second-order valence-corrected chi connectivity index (χ2v) is 0.689. The molecule has 0 fully saturated rings. The van der Waals surface area contributed by atoms with Crippen molar-refractivity contribution >= 4 is 10.4 Å². The second-order valence-electron chi connectivity index (χ2n) is 0.289. The first-order valence-electron chi connectivity index (χ1n) is 0.847. The van der Waals surface area contributed by atoms with Crippen LogP contribution in [0.1, 0.15) is 2.85 Å². The Kier molecular flexibility index (Phi) is 41.1. The summed E-state index contributed by atoms with van der Waals surface area (Å²) in [5.41, 5.74) is 7.37. The quantitative estimate of drug-likeness (QED) is 0.138. The van der Waals surface area contributed by atoms with Gasteiger partial charge in [-0.3, -0.25) is 0 Å². The van der Waals surface area contributed by atoms with Crippen molar-refractivity contribution in [2.75, 3.05) is 0 Å². The topological polar surface area (TPSA) is 48.8 Å². The molecule has 0 saturated heterocycles. The van der Waals surface area contributed by atoms with Crippen molar-refractivity contribution in [1.29, 1.82) is 0 Å². The maximum absolute atomic E-state index is 7.37. The molecule has 0 heterocycles. The van der Waals surface area contributed by atoms with Gasteiger partial charge in [0.05, 0.1) is 0 Å². The molecule has 0 atom stereocenters. The Balaban J connectivity index is -0.00000000750. The van der Waals surface area contributed by atoms with E-state index in [1.165, 1.54) is 0 Å². The molecule has 0 aromatic carbocycles. The molecule has 6 heteroatoms. The van der Waals surface area contributed by atoms with Gasteiger partial charge in [-0.2, -0.15) is 0 Å². The van der Waals surface area contributed by atoms with E-state index in [0.717, 1.165) is 0 Å². The van der Waals surface area contributed by atoms with Crippen LogP contribution in [0.4, 0.5) is 0 Å². The van der Waals surface area contributed by atoms with Gasteiger partial charge in [0.2, 0.25) is 0 Å². The van der Waals surface area contributed by atoms with E-state index >= 15 is 0 Å². The summed E-state index contributed by atoms with van der Waals surface area (Å²) >= 11 is 0. The van der Waals surface area contributed by atoms with E-state index in [1.807, 2.05) is 0 Å². The van der Waals surface area contributed by atoms with E-state index in [9.17, 15) is 0 Å². The number of hydrogen-bond donors (Lipinski definition) is 0. The van der Waals surface area contributed by atoms with Crippen LogP contribution in [0.3, 0.4) is 0 Å². The fourth-order valence-electron chi connectivity index (χ4n) is 0. The third kappa shape index (κ3) is 16.4. The molecule has 0 spiro atoms. The van der Waals surface area contributed by atoms with Crippen molar-refractivity contribution in [2.45, 2.75) is 0 Å². The summed E-state index contributed by atoms with van der Waals surface area (Å²) in [5.74, 6) is 0.